The van der Waals surface area contributed by atoms with Crippen LogP contribution in [0.25, 0.3) is 0 Å². The average molecular weight is 616 g/mol. The maximum absolute atomic E-state index is 13.9. The van der Waals surface area contributed by atoms with Crippen molar-refractivity contribution in [2.45, 2.75) is 85.0 Å². The molecule has 44 heavy (non-hydrogen) atoms. The van der Waals surface area contributed by atoms with E-state index >= 15 is 0 Å². The highest BCUT2D eigenvalue weighted by atomic mass is 19.4. The van der Waals surface area contributed by atoms with Crippen molar-refractivity contribution in [2.75, 3.05) is 17.2 Å². The SMILES string of the molecule is CCCCOc1ccc(NC(=O)N(Cc2ccc(C(=O)Nc3nn[nH]n3)cc2)C2CCC(C(C)(C)C)CC2)cc1C(F)(F)F. The van der Waals surface area contributed by atoms with Gasteiger partial charge in [0.25, 0.3) is 11.9 Å². The van der Waals surface area contributed by atoms with E-state index in [1.54, 1.807) is 29.2 Å². The Kier molecular flexibility index (Phi) is 10.5. The van der Waals surface area contributed by atoms with Crippen molar-refractivity contribution in [1.82, 2.24) is 25.5 Å². The first-order valence-electron chi connectivity index (χ1n) is 14.9. The number of carbonyl (C=O) groups excluding carboxylic acids is 2. The first-order valence-corrected chi connectivity index (χ1v) is 14.9. The van der Waals surface area contributed by atoms with Gasteiger partial charge in [0.15, 0.2) is 0 Å². The highest BCUT2D eigenvalue weighted by molar-refractivity contribution is 6.03. The Morgan fingerprint density at radius 3 is 2.32 bits per heavy atom. The molecule has 3 N–H and O–H groups in total. The van der Waals surface area contributed by atoms with Gasteiger partial charge in [0, 0.05) is 23.8 Å². The van der Waals surface area contributed by atoms with Gasteiger partial charge in [-0.25, -0.2) is 4.79 Å². The number of rotatable bonds is 10. The molecule has 0 aliphatic heterocycles. The number of carbonyl (C=O) groups is 2. The van der Waals surface area contributed by atoms with Gasteiger partial charge in [-0.05, 0) is 84.5 Å². The first kappa shape index (κ1) is 32.7. The van der Waals surface area contributed by atoms with Crippen LogP contribution in [0.5, 0.6) is 5.75 Å². The molecule has 3 aromatic rings. The summed E-state index contributed by atoms with van der Waals surface area (Å²) < 4.78 is 47.1. The number of aromatic amines is 1. The third-order valence-corrected chi connectivity index (χ3v) is 8.05. The summed E-state index contributed by atoms with van der Waals surface area (Å²) in [5, 5.41) is 18.3. The molecular formula is C31H40F3N7O3. The van der Waals surface area contributed by atoms with Crippen molar-refractivity contribution >= 4 is 23.6 Å². The second kappa shape index (κ2) is 14.1. The number of ether oxygens (including phenoxy) is 1. The smallest absolute Gasteiger partial charge is 0.420 e. The summed E-state index contributed by atoms with van der Waals surface area (Å²) in [6.07, 6.45) is 0.207. The van der Waals surface area contributed by atoms with Crippen LogP contribution in [0.4, 0.5) is 29.6 Å². The van der Waals surface area contributed by atoms with Crippen molar-refractivity contribution in [3.05, 3.63) is 59.2 Å². The molecule has 0 unspecified atom stereocenters. The lowest BCUT2D eigenvalue weighted by atomic mass is 9.71. The van der Waals surface area contributed by atoms with Gasteiger partial charge in [0.2, 0.25) is 0 Å². The summed E-state index contributed by atoms with van der Waals surface area (Å²) in [4.78, 5) is 27.9. The maximum atomic E-state index is 13.9. The van der Waals surface area contributed by atoms with Crippen LogP contribution < -0.4 is 15.4 Å². The first-order chi connectivity index (χ1) is 20.8. The lowest BCUT2D eigenvalue weighted by molar-refractivity contribution is -0.138. The maximum Gasteiger partial charge on any atom is 0.420 e. The van der Waals surface area contributed by atoms with E-state index in [-0.39, 0.29) is 42.0 Å². The van der Waals surface area contributed by atoms with E-state index in [0.29, 0.717) is 17.9 Å². The standard InChI is InChI=1S/C31H40F3N7O3/c1-5-6-17-44-26-16-13-23(18-25(26)31(32,33)34)35-29(43)41(24-14-11-22(12-15-24)30(2,3)4)19-20-7-9-21(10-8-20)27(42)36-28-37-39-40-38-28/h7-10,13,16,18,22,24H,5-6,11-12,14-15,17,19H2,1-4H3,(H,35,43)(H2,36,37,38,39,40,42). The van der Waals surface area contributed by atoms with Gasteiger partial charge in [-0.1, -0.05) is 51.3 Å². The Balaban J connectivity index is 1.53. The van der Waals surface area contributed by atoms with Crippen molar-refractivity contribution in [1.29, 1.82) is 0 Å². The number of H-pyrrole nitrogens is 1. The van der Waals surface area contributed by atoms with Gasteiger partial charge in [0.1, 0.15) is 5.75 Å². The van der Waals surface area contributed by atoms with Gasteiger partial charge in [-0.3, -0.25) is 10.1 Å². The average Bonchev–Trinajstić information content (AvgIpc) is 3.49. The zero-order valence-electron chi connectivity index (χ0n) is 25.5. The number of nitrogens with zero attached hydrogens (tertiary/aromatic N) is 4. The number of alkyl halides is 3. The summed E-state index contributed by atoms with van der Waals surface area (Å²) in [6, 6.07) is 9.77. The summed E-state index contributed by atoms with van der Waals surface area (Å²) in [7, 11) is 0. The summed E-state index contributed by atoms with van der Waals surface area (Å²) >= 11 is 0. The van der Waals surface area contributed by atoms with Crippen molar-refractivity contribution in [3.8, 4) is 5.75 Å². The number of unbranched alkanes of at least 4 members (excludes halogenated alkanes) is 1. The second-order valence-electron chi connectivity index (χ2n) is 12.2. The van der Waals surface area contributed by atoms with E-state index in [9.17, 15) is 22.8 Å². The number of hydrogen-bond donors (Lipinski definition) is 3. The Hall–Kier alpha value is -4.16. The predicted molar refractivity (Wildman–Crippen MR) is 160 cm³/mol. The van der Waals surface area contributed by atoms with Crippen LogP contribution in [-0.4, -0.2) is 50.1 Å². The van der Waals surface area contributed by atoms with Crippen LogP contribution in [0, 0.1) is 11.3 Å². The number of anilines is 2. The second-order valence-corrected chi connectivity index (χ2v) is 12.2. The molecule has 4 rings (SSSR count). The monoisotopic (exact) mass is 615 g/mol. The quantitative estimate of drug-likeness (QED) is 0.206. The summed E-state index contributed by atoms with van der Waals surface area (Å²) in [5.74, 6) is -0.127. The molecule has 238 valence electrons. The normalized spacial score (nSPS) is 17.2. The molecule has 0 atom stereocenters. The molecule has 1 fully saturated rings. The van der Waals surface area contributed by atoms with Crippen LogP contribution in [0.2, 0.25) is 0 Å². The lowest BCUT2D eigenvalue weighted by Gasteiger charge is -2.41. The Labute approximate surface area is 255 Å². The van der Waals surface area contributed by atoms with E-state index in [2.05, 4.69) is 52.0 Å². The minimum absolute atomic E-state index is 0.0343. The van der Waals surface area contributed by atoms with E-state index in [4.69, 9.17) is 4.74 Å². The lowest BCUT2D eigenvalue weighted by Crippen LogP contribution is -2.45. The van der Waals surface area contributed by atoms with E-state index in [1.165, 1.54) is 12.1 Å². The molecule has 0 spiro atoms. The minimum atomic E-state index is -4.65. The fraction of sp³-hybridized carbons (Fsp3) is 0.516. The number of hydrogen-bond acceptors (Lipinski definition) is 6. The molecule has 1 aliphatic rings. The molecule has 3 amide bonds. The third-order valence-electron chi connectivity index (χ3n) is 8.05. The number of tetrazole rings is 1. The number of urea groups is 1. The largest absolute Gasteiger partial charge is 0.493 e. The molecule has 10 nitrogen and oxygen atoms in total. The highest BCUT2D eigenvalue weighted by Gasteiger charge is 2.36. The zero-order chi connectivity index (χ0) is 31.9. The molecule has 1 aliphatic carbocycles. The van der Waals surface area contributed by atoms with Crippen molar-refractivity contribution in [3.63, 3.8) is 0 Å². The number of nitrogens with one attached hydrogen (secondary N) is 3. The van der Waals surface area contributed by atoms with Gasteiger partial charge in [-0.15, -0.1) is 5.10 Å². The van der Waals surface area contributed by atoms with Crippen LogP contribution in [-0.2, 0) is 12.7 Å². The molecule has 2 aromatic carbocycles. The van der Waals surface area contributed by atoms with E-state index < -0.39 is 23.7 Å². The van der Waals surface area contributed by atoms with Gasteiger partial charge in [-0.2, -0.15) is 18.4 Å². The van der Waals surface area contributed by atoms with Crippen LogP contribution in [0.15, 0.2) is 42.5 Å². The minimum Gasteiger partial charge on any atom is -0.493 e. The molecule has 1 aromatic heterocycles. The van der Waals surface area contributed by atoms with Gasteiger partial charge < -0.3 is 15.0 Å². The summed E-state index contributed by atoms with van der Waals surface area (Å²) in [5.41, 5.74) is 0.377. The number of aromatic nitrogens is 4. The fourth-order valence-corrected chi connectivity index (χ4v) is 5.44. The van der Waals surface area contributed by atoms with Gasteiger partial charge >= 0.3 is 12.2 Å². The van der Waals surface area contributed by atoms with Crippen molar-refractivity contribution < 1.29 is 27.5 Å². The predicted octanol–water partition coefficient (Wildman–Crippen LogP) is 7.29. The number of benzene rings is 2. The van der Waals surface area contributed by atoms with E-state index in [1.807, 2.05) is 6.92 Å². The Morgan fingerprint density at radius 1 is 1.02 bits per heavy atom. The Bertz CT molecular complexity index is 1380. The third kappa shape index (κ3) is 8.70. The number of amides is 3. The molecule has 1 saturated carbocycles. The highest BCUT2D eigenvalue weighted by Crippen LogP contribution is 2.40. The molecule has 1 heterocycles. The van der Waals surface area contributed by atoms with Crippen molar-refractivity contribution in [2.24, 2.45) is 11.3 Å². The molecule has 13 heteroatoms. The molecule has 0 saturated heterocycles. The van der Waals surface area contributed by atoms with Crippen LogP contribution in [0.1, 0.15) is 87.7 Å². The number of halogens is 3. The topological polar surface area (TPSA) is 125 Å². The van der Waals surface area contributed by atoms with Crippen LogP contribution in [0.3, 0.4) is 0 Å². The summed E-state index contributed by atoms with van der Waals surface area (Å²) in [6.45, 7) is 8.96. The Morgan fingerprint density at radius 2 is 1.73 bits per heavy atom. The van der Waals surface area contributed by atoms with E-state index in [0.717, 1.165) is 43.7 Å². The molecule has 0 radical (unpaired) electrons. The molecular weight excluding hydrogens is 575 g/mol. The fourth-order valence-electron chi connectivity index (χ4n) is 5.44. The van der Waals surface area contributed by atoms with Crippen LogP contribution >= 0.6 is 0 Å². The molecule has 0 bridgehead atoms. The van der Waals surface area contributed by atoms with Gasteiger partial charge in [0.05, 0.1) is 12.2 Å². The zero-order valence-corrected chi connectivity index (χ0v) is 25.5.